The number of aromatic nitrogens is 1. The molecule has 2 aromatic rings. The van der Waals surface area contributed by atoms with Crippen molar-refractivity contribution in [1.82, 2.24) is 9.88 Å². The van der Waals surface area contributed by atoms with Crippen LogP contribution in [0.3, 0.4) is 0 Å². The number of fused-ring (bicyclic) bond motifs is 1. The smallest absolute Gasteiger partial charge is 0.255 e. The zero-order valence-corrected chi connectivity index (χ0v) is 15.1. The highest BCUT2D eigenvalue weighted by atomic mass is 16.5. The topological polar surface area (TPSA) is 54.5 Å². The summed E-state index contributed by atoms with van der Waals surface area (Å²) in [6, 6.07) is 7.53. The summed E-state index contributed by atoms with van der Waals surface area (Å²) in [5, 5.41) is 2.98. The van der Waals surface area contributed by atoms with Crippen LogP contribution in [-0.4, -0.2) is 43.0 Å². The fourth-order valence-electron chi connectivity index (χ4n) is 3.20. The molecule has 1 heterocycles. The fraction of sp³-hybridized carbons (Fsp3) is 0.400. The molecular formula is C20H25N3O2. The quantitative estimate of drug-likeness (QED) is 0.879. The molecular weight excluding hydrogens is 314 g/mol. The number of nitrogens with zero attached hydrogens (tertiary/aromatic N) is 2. The SMILES string of the molecule is Cc1ccc(C(=O)Nc2ccnc(OCCN(C)C)c2)c2c1CCC2. The van der Waals surface area contributed by atoms with E-state index in [1.807, 2.05) is 31.1 Å². The first-order chi connectivity index (χ1) is 12.0. The normalized spacial score (nSPS) is 13.0. The van der Waals surface area contributed by atoms with E-state index in [1.54, 1.807) is 18.3 Å². The summed E-state index contributed by atoms with van der Waals surface area (Å²) in [6.45, 7) is 3.49. The third-order valence-electron chi connectivity index (χ3n) is 4.54. The van der Waals surface area contributed by atoms with E-state index in [0.717, 1.165) is 31.4 Å². The molecule has 132 valence electrons. The number of rotatable bonds is 6. The van der Waals surface area contributed by atoms with Crippen molar-refractivity contribution in [3.63, 3.8) is 0 Å². The van der Waals surface area contributed by atoms with E-state index in [2.05, 4.69) is 17.2 Å². The zero-order valence-electron chi connectivity index (χ0n) is 15.1. The highest BCUT2D eigenvalue weighted by Crippen LogP contribution is 2.29. The average molecular weight is 339 g/mol. The molecule has 1 aromatic carbocycles. The zero-order chi connectivity index (χ0) is 17.8. The Hall–Kier alpha value is -2.40. The Morgan fingerprint density at radius 1 is 1.24 bits per heavy atom. The van der Waals surface area contributed by atoms with E-state index < -0.39 is 0 Å². The lowest BCUT2D eigenvalue weighted by Gasteiger charge is -2.13. The van der Waals surface area contributed by atoms with Crippen molar-refractivity contribution in [1.29, 1.82) is 0 Å². The van der Waals surface area contributed by atoms with Gasteiger partial charge in [-0.05, 0) is 69.1 Å². The van der Waals surface area contributed by atoms with E-state index >= 15 is 0 Å². The Morgan fingerprint density at radius 2 is 2.04 bits per heavy atom. The minimum absolute atomic E-state index is 0.0661. The van der Waals surface area contributed by atoms with Crippen LogP contribution in [0.5, 0.6) is 5.88 Å². The summed E-state index contributed by atoms with van der Waals surface area (Å²) in [5.74, 6) is 0.456. The van der Waals surface area contributed by atoms with Gasteiger partial charge in [0.1, 0.15) is 6.61 Å². The maximum Gasteiger partial charge on any atom is 0.255 e. The Bertz CT molecular complexity index is 772. The molecule has 3 rings (SSSR count). The van der Waals surface area contributed by atoms with Crippen molar-refractivity contribution in [2.45, 2.75) is 26.2 Å². The number of anilines is 1. The van der Waals surface area contributed by atoms with E-state index in [4.69, 9.17) is 4.74 Å². The van der Waals surface area contributed by atoms with Crippen molar-refractivity contribution >= 4 is 11.6 Å². The van der Waals surface area contributed by atoms with Gasteiger partial charge in [-0.15, -0.1) is 0 Å². The molecule has 0 saturated heterocycles. The summed E-state index contributed by atoms with van der Waals surface area (Å²) in [6.07, 6.45) is 4.83. The van der Waals surface area contributed by atoms with Crippen molar-refractivity contribution < 1.29 is 9.53 Å². The number of nitrogens with one attached hydrogen (secondary N) is 1. The Morgan fingerprint density at radius 3 is 2.84 bits per heavy atom. The second-order valence-electron chi connectivity index (χ2n) is 6.73. The monoisotopic (exact) mass is 339 g/mol. The lowest BCUT2D eigenvalue weighted by Crippen LogP contribution is -2.19. The second-order valence-corrected chi connectivity index (χ2v) is 6.73. The first-order valence-electron chi connectivity index (χ1n) is 8.71. The third kappa shape index (κ3) is 4.17. The minimum atomic E-state index is -0.0661. The van der Waals surface area contributed by atoms with Gasteiger partial charge in [-0.2, -0.15) is 0 Å². The van der Waals surface area contributed by atoms with Gasteiger partial charge in [0.15, 0.2) is 0 Å². The van der Waals surface area contributed by atoms with Crippen LogP contribution in [0.25, 0.3) is 0 Å². The molecule has 0 atom stereocenters. The van der Waals surface area contributed by atoms with Crippen LogP contribution in [0.4, 0.5) is 5.69 Å². The van der Waals surface area contributed by atoms with Gasteiger partial charge in [-0.3, -0.25) is 4.79 Å². The van der Waals surface area contributed by atoms with Crippen LogP contribution in [0.2, 0.25) is 0 Å². The van der Waals surface area contributed by atoms with Crippen LogP contribution in [-0.2, 0) is 12.8 Å². The number of benzene rings is 1. The molecule has 0 saturated carbocycles. The number of carbonyl (C=O) groups is 1. The van der Waals surface area contributed by atoms with Crippen molar-refractivity contribution in [2.24, 2.45) is 0 Å². The Labute approximate surface area is 149 Å². The van der Waals surface area contributed by atoms with Crippen LogP contribution in [0.15, 0.2) is 30.5 Å². The molecule has 0 bridgehead atoms. The molecule has 0 unspecified atom stereocenters. The largest absolute Gasteiger partial charge is 0.476 e. The average Bonchev–Trinajstić information content (AvgIpc) is 3.05. The van der Waals surface area contributed by atoms with Crippen molar-refractivity contribution in [3.05, 3.63) is 52.7 Å². The Balaban J connectivity index is 1.71. The number of hydrogen-bond acceptors (Lipinski definition) is 4. The van der Waals surface area contributed by atoms with Gasteiger partial charge in [0.2, 0.25) is 5.88 Å². The third-order valence-corrected chi connectivity index (χ3v) is 4.54. The first kappa shape index (κ1) is 17.4. The standard InChI is InChI=1S/C20H25N3O2/c1-14-7-8-18(17-6-4-5-16(14)17)20(24)22-15-9-10-21-19(13-15)25-12-11-23(2)3/h7-10,13H,4-6,11-12H2,1-3H3,(H,21,22,24). The van der Waals surface area contributed by atoms with Gasteiger partial charge < -0.3 is 15.0 Å². The molecule has 0 aliphatic heterocycles. The van der Waals surface area contributed by atoms with E-state index in [0.29, 0.717) is 18.2 Å². The van der Waals surface area contributed by atoms with Crippen molar-refractivity contribution in [2.75, 3.05) is 32.6 Å². The first-order valence-corrected chi connectivity index (χ1v) is 8.71. The predicted octanol–water partition coefficient (Wildman–Crippen LogP) is 3.07. The molecule has 1 aliphatic carbocycles. The van der Waals surface area contributed by atoms with Crippen LogP contribution in [0.1, 0.15) is 33.5 Å². The lowest BCUT2D eigenvalue weighted by atomic mass is 9.98. The molecule has 0 spiro atoms. The summed E-state index contributed by atoms with van der Waals surface area (Å²) in [5.41, 5.74) is 5.31. The molecule has 5 nitrogen and oxygen atoms in total. The van der Waals surface area contributed by atoms with Crippen LogP contribution < -0.4 is 10.1 Å². The molecule has 1 N–H and O–H groups in total. The number of aryl methyl sites for hydroxylation is 1. The number of pyridine rings is 1. The number of likely N-dealkylation sites (N-methyl/N-ethyl adjacent to an activating group) is 1. The maximum atomic E-state index is 12.7. The summed E-state index contributed by atoms with van der Waals surface area (Å²) in [4.78, 5) is 19.0. The molecule has 5 heteroatoms. The predicted molar refractivity (Wildman–Crippen MR) is 99.4 cm³/mol. The minimum Gasteiger partial charge on any atom is -0.476 e. The van der Waals surface area contributed by atoms with Crippen molar-refractivity contribution in [3.8, 4) is 5.88 Å². The highest BCUT2D eigenvalue weighted by Gasteiger charge is 2.20. The number of amides is 1. The van der Waals surface area contributed by atoms with Gasteiger partial charge >= 0.3 is 0 Å². The molecule has 1 amide bonds. The fourth-order valence-corrected chi connectivity index (χ4v) is 3.20. The summed E-state index contributed by atoms with van der Waals surface area (Å²) in [7, 11) is 3.99. The molecule has 0 radical (unpaired) electrons. The van der Waals surface area contributed by atoms with Gasteiger partial charge in [-0.1, -0.05) is 6.07 Å². The maximum absolute atomic E-state index is 12.7. The van der Waals surface area contributed by atoms with Gasteiger partial charge in [0, 0.05) is 30.1 Å². The van der Waals surface area contributed by atoms with Gasteiger partial charge in [0.05, 0.1) is 0 Å². The van der Waals surface area contributed by atoms with Gasteiger partial charge in [0.25, 0.3) is 5.91 Å². The highest BCUT2D eigenvalue weighted by molar-refractivity contribution is 6.05. The molecule has 0 fully saturated rings. The summed E-state index contributed by atoms with van der Waals surface area (Å²) < 4.78 is 5.63. The summed E-state index contributed by atoms with van der Waals surface area (Å²) >= 11 is 0. The van der Waals surface area contributed by atoms with E-state index in [9.17, 15) is 4.79 Å². The Kier molecular flexibility index (Phi) is 5.34. The number of ether oxygens (including phenoxy) is 1. The lowest BCUT2D eigenvalue weighted by molar-refractivity contribution is 0.102. The molecule has 1 aliphatic rings. The molecule has 25 heavy (non-hydrogen) atoms. The number of carbonyl (C=O) groups excluding carboxylic acids is 1. The van der Waals surface area contributed by atoms with E-state index in [-0.39, 0.29) is 5.91 Å². The second kappa shape index (κ2) is 7.66. The molecule has 1 aromatic heterocycles. The van der Waals surface area contributed by atoms with Crippen LogP contribution in [0, 0.1) is 6.92 Å². The number of hydrogen-bond donors (Lipinski definition) is 1. The van der Waals surface area contributed by atoms with Gasteiger partial charge in [-0.25, -0.2) is 4.98 Å². The van der Waals surface area contributed by atoms with Crippen LogP contribution >= 0.6 is 0 Å². The van der Waals surface area contributed by atoms with E-state index in [1.165, 1.54) is 16.7 Å².